The summed E-state index contributed by atoms with van der Waals surface area (Å²) in [6.07, 6.45) is 11.1. The number of aliphatic carboxylic acids is 1. The lowest BCUT2D eigenvalue weighted by molar-refractivity contribution is -0.147. The molecule has 0 rings (SSSR count). The molecule has 0 fully saturated rings. The molecule has 0 aliphatic heterocycles. The Bertz CT molecular complexity index is 517. The lowest BCUT2D eigenvalue weighted by Crippen LogP contribution is -2.34. The highest BCUT2D eigenvalue weighted by Gasteiger charge is 2.36. The molecule has 0 saturated carbocycles. The second-order valence-corrected chi connectivity index (χ2v) is 8.89. The van der Waals surface area contributed by atoms with Crippen LogP contribution in [0.4, 0.5) is 0 Å². The van der Waals surface area contributed by atoms with Gasteiger partial charge in [-0.2, -0.15) is 8.42 Å². The number of carboxylic acid groups (broad SMARTS) is 1. The van der Waals surface area contributed by atoms with Gasteiger partial charge in [-0.1, -0.05) is 78.1 Å². The van der Waals surface area contributed by atoms with Crippen molar-refractivity contribution in [2.45, 2.75) is 103 Å². The number of carboxylic acids is 1. The Morgan fingerprint density at radius 1 is 0.786 bits per heavy atom. The van der Waals surface area contributed by atoms with Gasteiger partial charge in [0.2, 0.25) is 0 Å². The van der Waals surface area contributed by atoms with E-state index >= 15 is 0 Å². The molecule has 0 radical (unpaired) electrons. The molecule has 0 aromatic heterocycles. The van der Waals surface area contributed by atoms with E-state index in [4.69, 9.17) is 8.92 Å². The normalized spacial score (nSPS) is 12.6. The molecule has 0 saturated heterocycles. The standard InChI is InChI=1S/C20H38O7S/c1-3-5-7-9-11-13-15-26-19(21)17-18(20(22)23)28(24,25)27-16-14-12-10-8-6-4-2/h18H,3-17H2,1-2H3,(H,22,23). The molecule has 0 heterocycles. The maximum absolute atomic E-state index is 12.1. The van der Waals surface area contributed by atoms with Crippen LogP contribution in [0.25, 0.3) is 0 Å². The van der Waals surface area contributed by atoms with Crippen LogP contribution in [0.3, 0.4) is 0 Å². The van der Waals surface area contributed by atoms with Gasteiger partial charge in [0.25, 0.3) is 10.1 Å². The van der Waals surface area contributed by atoms with Crippen molar-refractivity contribution in [2.75, 3.05) is 13.2 Å². The van der Waals surface area contributed by atoms with Crippen LogP contribution in [0, 0.1) is 0 Å². The fourth-order valence-electron chi connectivity index (χ4n) is 2.73. The number of esters is 1. The van der Waals surface area contributed by atoms with Crippen molar-refractivity contribution >= 4 is 22.1 Å². The van der Waals surface area contributed by atoms with E-state index in [9.17, 15) is 23.1 Å². The van der Waals surface area contributed by atoms with Crippen molar-refractivity contribution in [3.63, 3.8) is 0 Å². The second-order valence-electron chi connectivity index (χ2n) is 7.10. The van der Waals surface area contributed by atoms with Crippen LogP contribution >= 0.6 is 0 Å². The average Bonchev–Trinajstić information content (AvgIpc) is 2.64. The summed E-state index contributed by atoms with van der Waals surface area (Å²) in [6.45, 7) is 4.35. The molecule has 1 atom stereocenters. The van der Waals surface area contributed by atoms with E-state index in [1.165, 1.54) is 6.42 Å². The van der Waals surface area contributed by atoms with Crippen molar-refractivity contribution in [3.8, 4) is 0 Å². The molecule has 1 N–H and O–H groups in total. The van der Waals surface area contributed by atoms with Crippen molar-refractivity contribution in [1.29, 1.82) is 0 Å². The van der Waals surface area contributed by atoms with Gasteiger partial charge in [0, 0.05) is 0 Å². The molecule has 0 aliphatic carbocycles. The third-order valence-corrected chi connectivity index (χ3v) is 6.04. The lowest BCUT2D eigenvalue weighted by Gasteiger charge is -2.13. The van der Waals surface area contributed by atoms with Crippen LogP contribution in [0.5, 0.6) is 0 Å². The van der Waals surface area contributed by atoms with E-state index in [-0.39, 0.29) is 13.2 Å². The summed E-state index contributed by atoms with van der Waals surface area (Å²) in [4.78, 5) is 23.1. The first kappa shape index (κ1) is 26.9. The Balaban J connectivity index is 4.18. The minimum absolute atomic E-state index is 0.0644. The molecule has 7 nitrogen and oxygen atoms in total. The molecule has 0 aliphatic rings. The zero-order chi connectivity index (χ0) is 21.3. The Labute approximate surface area is 170 Å². The molecule has 0 amide bonds. The predicted molar refractivity (Wildman–Crippen MR) is 109 cm³/mol. The van der Waals surface area contributed by atoms with Gasteiger partial charge in [0.1, 0.15) is 0 Å². The van der Waals surface area contributed by atoms with Crippen molar-refractivity contribution in [3.05, 3.63) is 0 Å². The first-order chi connectivity index (χ1) is 13.3. The van der Waals surface area contributed by atoms with Gasteiger partial charge in [-0.05, 0) is 12.8 Å². The first-order valence-corrected chi connectivity index (χ1v) is 12.1. The summed E-state index contributed by atoms with van der Waals surface area (Å²) in [6, 6.07) is 0. The zero-order valence-electron chi connectivity index (χ0n) is 17.5. The van der Waals surface area contributed by atoms with E-state index < -0.39 is 33.7 Å². The fourth-order valence-corrected chi connectivity index (χ4v) is 3.83. The minimum Gasteiger partial charge on any atom is -0.480 e. The van der Waals surface area contributed by atoms with E-state index in [0.29, 0.717) is 12.8 Å². The molecule has 1 unspecified atom stereocenters. The number of carbonyl (C=O) groups excluding carboxylic acids is 1. The molecule has 8 heteroatoms. The summed E-state index contributed by atoms with van der Waals surface area (Å²) in [7, 11) is -4.36. The van der Waals surface area contributed by atoms with Gasteiger partial charge in [-0.3, -0.25) is 13.8 Å². The molecule has 28 heavy (non-hydrogen) atoms. The van der Waals surface area contributed by atoms with E-state index in [2.05, 4.69) is 13.8 Å². The van der Waals surface area contributed by atoms with Crippen LogP contribution in [0.15, 0.2) is 0 Å². The second kappa shape index (κ2) is 16.8. The van der Waals surface area contributed by atoms with Crippen molar-refractivity contribution in [1.82, 2.24) is 0 Å². The van der Waals surface area contributed by atoms with Crippen LogP contribution in [-0.2, 0) is 28.6 Å². The molecule has 0 spiro atoms. The molecule has 166 valence electrons. The van der Waals surface area contributed by atoms with Crippen molar-refractivity contribution < 1.29 is 32.0 Å². The van der Waals surface area contributed by atoms with Gasteiger partial charge in [-0.25, -0.2) is 0 Å². The number of rotatable bonds is 19. The summed E-state index contributed by atoms with van der Waals surface area (Å²) < 4.78 is 34.0. The Morgan fingerprint density at radius 2 is 1.25 bits per heavy atom. The highest BCUT2D eigenvalue weighted by molar-refractivity contribution is 7.88. The van der Waals surface area contributed by atoms with E-state index in [1.54, 1.807) is 0 Å². The maximum atomic E-state index is 12.1. The number of unbranched alkanes of at least 4 members (excludes halogenated alkanes) is 10. The third-order valence-electron chi connectivity index (χ3n) is 4.48. The monoisotopic (exact) mass is 422 g/mol. The number of hydrogen-bond donors (Lipinski definition) is 1. The summed E-state index contributed by atoms with van der Waals surface area (Å²) in [5, 5.41) is 7.26. The summed E-state index contributed by atoms with van der Waals surface area (Å²) in [5.74, 6) is -2.42. The molecular formula is C20H38O7S. The zero-order valence-corrected chi connectivity index (χ0v) is 18.3. The molecule has 0 aromatic rings. The Kier molecular flexibility index (Phi) is 16.1. The lowest BCUT2D eigenvalue weighted by atomic mass is 10.1. The Hall–Kier alpha value is -1.15. The molecular weight excluding hydrogens is 384 g/mol. The molecule has 0 bridgehead atoms. The molecule has 0 aromatic carbocycles. The van der Waals surface area contributed by atoms with Gasteiger partial charge in [-0.15, -0.1) is 0 Å². The first-order valence-electron chi connectivity index (χ1n) is 10.6. The largest absolute Gasteiger partial charge is 0.480 e. The van der Waals surface area contributed by atoms with Crippen LogP contribution in [0.2, 0.25) is 0 Å². The number of carbonyl (C=O) groups is 2. The van der Waals surface area contributed by atoms with Gasteiger partial charge in [0.05, 0.1) is 19.6 Å². The predicted octanol–water partition coefficient (Wildman–Crippen LogP) is 4.44. The number of hydrogen-bond acceptors (Lipinski definition) is 6. The highest BCUT2D eigenvalue weighted by atomic mass is 32.2. The van der Waals surface area contributed by atoms with Gasteiger partial charge >= 0.3 is 11.9 Å². The van der Waals surface area contributed by atoms with Crippen LogP contribution in [0.1, 0.15) is 97.3 Å². The average molecular weight is 423 g/mol. The number of ether oxygens (including phenoxy) is 1. The van der Waals surface area contributed by atoms with Crippen LogP contribution < -0.4 is 0 Å². The Morgan fingerprint density at radius 3 is 1.75 bits per heavy atom. The topological polar surface area (TPSA) is 107 Å². The highest BCUT2D eigenvalue weighted by Crippen LogP contribution is 2.13. The quantitative estimate of drug-likeness (QED) is 0.186. The maximum Gasteiger partial charge on any atom is 0.325 e. The summed E-state index contributed by atoms with van der Waals surface area (Å²) >= 11 is 0. The SMILES string of the molecule is CCCCCCCCOC(=O)CC(C(=O)O)S(=O)(=O)OCCCCCCCC. The van der Waals surface area contributed by atoms with E-state index in [0.717, 1.165) is 57.8 Å². The van der Waals surface area contributed by atoms with Gasteiger partial charge < -0.3 is 9.84 Å². The minimum atomic E-state index is -4.36. The fraction of sp³-hybridized carbons (Fsp3) is 0.900. The van der Waals surface area contributed by atoms with Crippen LogP contribution in [-0.4, -0.2) is 43.9 Å². The summed E-state index contributed by atoms with van der Waals surface area (Å²) in [5.41, 5.74) is 0. The van der Waals surface area contributed by atoms with Gasteiger partial charge in [0.15, 0.2) is 5.25 Å². The van der Waals surface area contributed by atoms with E-state index in [1.807, 2.05) is 0 Å². The third kappa shape index (κ3) is 13.9. The smallest absolute Gasteiger partial charge is 0.325 e. The van der Waals surface area contributed by atoms with Crippen molar-refractivity contribution in [2.24, 2.45) is 0 Å².